The summed E-state index contributed by atoms with van der Waals surface area (Å²) >= 11 is 0. The molecule has 4 nitrogen and oxygen atoms in total. The van der Waals surface area contributed by atoms with E-state index in [1.165, 1.54) is 12.1 Å². The molecule has 0 radical (unpaired) electrons. The van der Waals surface area contributed by atoms with Gasteiger partial charge in [0.1, 0.15) is 5.82 Å². The van der Waals surface area contributed by atoms with Crippen molar-refractivity contribution in [2.75, 3.05) is 17.2 Å². The van der Waals surface area contributed by atoms with Crippen LogP contribution in [0.4, 0.5) is 20.6 Å². The van der Waals surface area contributed by atoms with Crippen LogP contribution in [0.3, 0.4) is 0 Å². The lowest BCUT2D eigenvalue weighted by atomic mass is 10.1. The highest BCUT2D eigenvalue weighted by Gasteiger charge is 2.07. The summed E-state index contributed by atoms with van der Waals surface area (Å²) in [6.07, 6.45) is 0.475. The van der Waals surface area contributed by atoms with Gasteiger partial charge >= 0.3 is 6.03 Å². The molecular formula is C21H19FN2O2. The van der Waals surface area contributed by atoms with Crippen molar-refractivity contribution in [3.05, 3.63) is 84.2 Å². The van der Waals surface area contributed by atoms with Gasteiger partial charge in [0.25, 0.3) is 0 Å². The van der Waals surface area contributed by atoms with Crippen molar-refractivity contribution in [1.82, 2.24) is 0 Å². The van der Waals surface area contributed by atoms with E-state index in [9.17, 15) is 9.18 Å². The topological polar surface area (TPSA) is 61.4 Å². The third-order valence-corrected chi connectivity index (χ3v) is 3.97. The number of aliphatic hydroxyl groups excluding tert-OH is 1. The molecule has 0 atom stereocenters. The van der Waals surface area contributed by atoms with Crippen molar-refractivity contribution in [3.8, 4) is 11.1 Å². The summed E-state index contributed by atoms with van der Waals surface area (Å²) in [6, 6.07) is 20.6. The molecule has 0 saturated carbocycles. The summed E-state index contributed by atoms with van der Waals surface area (Å²) in [5, 5.41) is 14.7. The molecule has 132 valence electrons. The van der Waals surface area contributed by atoms with E-state index < -0.39 is 0 Å². The number of hydrogen-bond acceptors (Lipinski definition) is 2. The van der Waals surface area contributed by atoms with Crippen molar-refractivity contribution < 1.29 is 14.3 Å². The predicted octanol–water partition coefficient (Wildman–Crippen LogP) is 4.67. The Bertz CT molecular complexity index is 877. The van der Waals surface area contributed by atoms with Crippen LogP contribution < -0.4 is 10.6 Å². The molecule has 0 saturated heterocycles. The normalized spacial score (nSPS) is 10.4. The van der Waals surface area contributed by atoms with E-state index in [0.29, 0.717) is 17.8 Å². The second-order valence-electron chi connectivity index (χ2n) is 5.79. The summed E-state index contributed by atoms with van der Waals surface area (Å²) in [4.78, 5) is 12.2. The van der Waals surface area contributed by atoms with Crippen LogP contribution >= 0.6 is 0 Å². The number of anilines is 2. The lowest BCUT2D eigenvalue weighted by Crippen LogP contribution is -2.20. The number of aliphatic hydroxyl groups is 1. The van der Waals surface area contributed by atoms with Crippen molar-refractivity contribution in [3.63, 3.8) is 0 Å². The molecule has 5 heteroatoms. The SMILES string of the molecule is O=C(Nc1ccc(-c2ccc(F)cc2)cc1)Nc1ccccc1CCO. The summed E-state index contributed by atoms with van der Waals surface area (Å²) in [7, 11) is 0. The number of carbonyl (C=O) groups excluding carboxylic acids is 1. The number of hydrogen-bond donors (Lipinski definition) is 3. The number of carbonyl (C=O) groups is 1. The summed E-state index contributed by atoms with van der Waals surface area (Å²) in [5.41, 5.74) is 4.02. The van der Waals surface area contributed by atoms with E-state index in [1.54, 1.807) is 30.3 Å². The zero-order chi connectivity index (χ0) is 18.4. The van der Waals surface area contributed by atoms with Gasteiger partial charge in [0, 0.05) is 18.0 Å². The fourth-order valence-corrected chi connectivity index (χ4v) is 2.65. The number of benzene rings is 3. The third-order valence-electron chi connectivity index (χ3n) is 3.97. The quantitative estimate of drug-likeness (QED) is 0.626. The molecule has 3 aromatic rings. The smallest absolute Gasteiger partial charge is 0.323 e. The first-order chi connectivity index (χ1) is 12.7. The van der Waals surface area contributed by atoms with Gasteiger partial charge in [-0.05, 0) is 53.4 Å². The standard InChI is InChI=1S/C21H19FN2O2/c22-18-9-5-15(6-10-18)16-7-11-19(12-8-16)23-21(26)24-20-4-2-1-3-17(20)13-14-25/h1-12,25H,13-14H2,(H2,23,24,26). The van der Waals surface area contributed by atoms with Crippen LogP contribution in [0.25, 0.3) is 11.1 Å². The monoisotopic (exact) mass is 350 g/mol. The van der Waals surface area contributed by atoms with Gasteiger partial charge in [-0.2, -0.15) is 0 Å². The van der Waals surface area contributed by atoms with Crippen molar-refractivity contribution in [2.24, 2.45) is 0 Å². The number of nitrogens with one attached hydrogen (secondary N) is 2. The number of rotatable bonds is 5. The summed E-state index contributed by atoms with van der Waals surface area (Å²) in [5.74, 6) is -0.273. The molecule has 0 bridgehead atoms. The van der Waals surface area contributed by atoms with E-state index in [2.05, 4.69) is 10.6 Å². The fraction of sp³-hybridized carbons (Fsp3) is 0.0952. The number of urea groups is 1. The summed E-state index contributed by atoms with van der Waals surface area (Å²) in [6.45, 7) is 0.0190. The molecule has 0 heterocycles. The molecule has 3 rings (SSSR count). The Morgan fingerprint density at radius 2 is 1.46 bits per heavy atom. The van der Waals surface area contributed by atoms with Crippen LogP contribution in [0.1, 0.15) is 5.56 Å². The van der Waals surface area contributed by atoms with E-state index in [1.807, 2.05) is 30.3 Å². The van der Waals surface area contributed by atoms with Gasteiger partial charge in [-0.1, -0.05) is 42.5 Å². The zero-order valence-corrected chi connectivity index (χ0v) is 14.1. The highest BCUT2D eigenvalue weighted by Crippen LogP contribution is 2.22. The molecule has 0 unspecified atom stereocenters. The van der Waals surface area contributed by atoms with Crippen LogP contribution in [0.2, 0.25) is 0 Å². The molecule has 26 heavy (non-hydrogen) atoms. The fourth-order valence-electron chi connectivity index (χ4n) is 2.65. The van der Waals surface area contributed by atoms with E-state index in [0.717, 1.165) is 16.7 Å². The minimum absolute atomic E-state index is 0.0190. The van der Waals surface area contributed by atoms with Gasteiger partial charge in [-0.15, -0.1) is 0 Å². The Kier molecular flexibility index (Phi) is 5.61. The maximum Gasteiger partial charge on any atom is 0.323 e. The van der Waals surface area contributed by atoms with Crippen LogP contribution in [0.15, 0.2) is 72.8 Å². The summed E-state index contributed by atoms with van der Waals surface area (Å²) < 4.78 is 13.0. The second kappa shape index (κ2) is 8.27. The van der Waals surface area contributed by atoms with Gasteiger partial charge in [0.2, 0.25) is 0 Å². The lowest BCUT2D eigenvalue weighted by Gasteiger charge is -2.12. The average molecular weight is 350 g/mol. The first-order valence-corrected chi connectivity index (χ1v) is 8.28. The van der Waals surface area contributed by atoms with Crippen LogP contribution in [0, 0.1) is 5.82 Å². The van der Waals surface area contributed by atoms with Crippen LogP contribution in [-0.2, 0) is 6.42 Å². The Labute approximate surface area is 151 Å². The predicted molar refractivity (Wildman–Crippen MR) is 102 cm³/mol. The maximum atomic E-state index is 13.0. The molecule has 0 aromatic heterocycles. The molecule has 2 amide bonds. The van der Waals surface area contributed by atoms with Gasteiger partial charge in [0.15, 0.2) is 0 Å². The largest absolute Gasteiger partial charge is 0.396 e. The number of para-hydroxylation sites is 1. The highest BCUT2D eigenvalue weighted by atomic mass is 19.1. The van der Waals surface area contributed by atoms with Crippen molar-refractivity contribution in [1.29, 1.82) is 0 Å². The van der Waals surface area contributed by atoms with Crippen LogP contribution in [-0.4, -0.2) is 17.7 Å². The maximum absolute atomic E-state index is 13.0. The minimum atomic E-state index is -0.357. The van der Waals surface area contributed by atoms with Gasteiger partial charge in [0.05, 0.1) is 0 Å². The first-order valence-electron chi connectivity index (χ1n) is 8.28. The van der Waals surface area contributed by atoms with E-state index >= 15 is 0 Å². The zero-order valence-electron chi connectivity index (χ0n) is 14.1. The second-order valence-corrected chi connectivity index (χ2v) is 5.79. The Morgan fingerprint density at radius 1 is 0.846 bits per heavy atom. The van der Waals surface area contributed by atoms with E-state index in [4.69, 9.17) is 5.11 Å². The Morgan fingerprint density at radius 3 is 2.12 bits per heavy atom. The highest BCUT2D eigenvalue weighted by molar-refractivity contribution is 6.00. The Hall–Kier alpha value is -3.18. The lowest BCUT2D eigenvalue weighted by molar-refractivity contribution is 0.262. The van der Waals surface area contributed by atoms with Crippen molar-refractivity contribution >= 4 is 17.4 Å². The minimum Gasteiger partial charge on any atom is -0.396 e. The van der Waals surface area contributed by atoms with Crippen molar-refractivity contribution in [2.45, 2.75) is 6.42 Å². The molecule has 3 N–H and O–H groups in total. The van der Waals surface area contributed by atoms with Gasteiger partial charge in [-0.25, -0.2) is 9.18 Å². The molecular weight excluding hydrogens is 331 g/mol. The first kappa shape index (κ1) is 17.6. The molecule has 0 aliphatic carbocycles. The molecule has 0 spiro atoms. The molecule has 3 aromatic carbocycles. The van der Waals surface area contributed by atoms with Crippen LogP contribution in [0.5, 0.6) is 0 Å². The molecule has 0 aliphatic heterocycles. The molecule has 0 fully saturated rings. The van der Waals surface area contributed by atoms with Gasteiger partial charge in [-0.3, -0.25) is 0 Å². The number of halogens is 1. The number of amides is 2. The molecule has 0 aliphatic rings. The Balaban J connectivity index is 1.65. The van der Waals surface area contributed by atoms with E-state index in [-0.39, 0.29) is 18.5 Å². The average Bonchev–Trinajstić information content (AvgIpc) is 2.65. The van der Waals surface area contributed by atoms with Gasteiger partial charge < -0.3 is 15.7 Å². The third kappa shape index (κ3) is 4.46.